The van der Waals surface area contributed by atoms with Crippen molar-refractivity contribution in [3.63, 3.8) is 0 Å². The predicted octanol–water partition coefficient (Wildman–Crippen LogP) is 1.37. The summed E-state index contributed by atoms with van der Waals surface area (Å²) in [5.41, 5.74) is 5.03. The molecule has 3 aromatic rings. The molecule has 0 unspecified atom stereocenters. The van der Waals surface area contributed by atoms with Crippen molar-refractivity contribution in [2.45, 2.75) is 0 Å². The van der Waals surface area contributed by atoms with Crippen LogP contribution in [-0.2, 0) is 0 Å². The van der Waals surface area contributed by atoms with Gasteiger partial charge in [0.15, 0.2) is 0 Å². The van der Waals surface area contributed by atoms with Crippen molar-refractivity contribution in [3.8, 4) is 0 Å². The lowest BCUT2D eigenvalue weighted by Gasteiger charge is -1.86. The predicted molar refractivity (Wildman–Crippen MR) is 52.5 cm³/mol. The highest BCUT2D eigenvalue weighted by Crippen LogP contribution is 2.22. The van der Waals surface area contributed by atoms with Crippen LogP contribution >= 0.6 is 11.7 Å². The normalized spacial score (nSPS) is 11.2. The number of nitrogens with zero attached hydrogens (tertiary/aromatic N) is 3. The number of rotatable bonds is 1. The van der Waals surface area contributed by atoms with E-state index in [1.165, 1.54) is 11.7 Å². The average Bonchev–Trinajstić information content (AvgIpc) is 2.82. The Kier molecular flexibility index (Phi) is 1.44. The van der Waals surface area contributed by atoms with Crippen LogP contribution in [0.2, 0.25) is 0 Å². The van der Waals surface area contributed by atoms with E-state index < -0.39 is 0 Å². The summed E-state index contributed by atoms with van der Waals surface area (Å²) in [5.74, 6) is 0.195. The van der Waals surface area contributed by atoms with Crippen molar-refractivity contribution in [1.82, 2.24) is 18.7 Å². The van der Waals surface area contributed by atoms with E-state index in [1.54, 1.807) is 0 Å². The molecule has 0 aliphatic carbocycles. The number of fused-ring (bicyclic) bond motifs is 3. The van der Waals surface area contributed by atoms with E-state index in [9.17, 15) is 0 Å². The van der Waals surface area contributed by atoms with Crippen molar-refractivity contribution >= 4 is 39.7 Å². The number of aromatic amines is 1. The fourth-order valence-electron chi connectivity index (χ4n) is 1.36. The number of aromatic nitrogens is 4. The first kappa shape index (κ1) is 7.65. The maximum absolute atomic E-state index is 8.66. The monoisotopic (exact) mass is 207 g/mol. The molecule has 0 amide bonds. The van der Waals surface area contributed by atoms with E-state index in [0.717, 1.165) is 11.0 Å². The van der Waals surface area contributed by atoms with Gasteiger partial charge in [0.2, 0.25) is 5.95 Å². The minimum Gasteiger partial charge on any atom is -0.293 e. The zero-order chi connectivity index (χ0) is 9.54. The summed E-state index contributed by atoms with van der Waals surface area (Å²) in [6.45, 7) is 0. The molecule has 0 atom stereocenters. The Hall–Kier alpha value is -1.73. The maximum atomic E-state index is 8.66. The molecule has 2 aromatic heterocycles. The van der Waals surface area contributed by atoms with Crippen LogP contribution in [0.15, 0.2) is 12.1 Å². The van der Waals surface area contributed by atoms with E-state index in [-0.39, 0.29) is 5.95 Å². The molecule has 0 saturated heterocycles. The number of H-pyrrole nitrogens is 1. The smallest absolute Gasteiger partial charge is 0.248 e. The zero-order valence-corrected chi connectivity index (χ0v) is 7.67. The molecule has 0 spiro atoms. The second kappa shape index (κ2) is 2.63. The Morgan fingerprint density at radius 1 is 1.29 bits per heavy atom. The van der Waals surface area contributed by atoms with Gasteiger partial charge >= 0.3 is 0 Å². The fraction of sp³-hybridized carbons (Fsp3) is 0. The van der Waals surface area contributed by atoms with Gasteiger partial charge < -0.3 is 0 Å². The minimum absolute atomic E-state index is 0.195. The van der Waals surface area contributed by atoms with E-state index in [1.807, 2.05) is 17.6 Å². The van der Waals surface area contributed by atoms with Crippen LogP contribution in [0, 0.1) is 0 Å². The summed E-state index contributed by atoms with van der Waals surface area (Å²) in [5, 5.41) is 8.66. The van der Waals surface area contributed by atoms with Gasteiger partial charge in [-0.15, -0.1) is 0 Å². The quantitative estimate of drug-likeness (QED) is 0.524. The number of anilines is 1. The first-order chi connectivity index (χ1) is 6.88. The van der Waals surface area contributed by atoms with Gasteiger partial charge in [0.25, 0.3) is 0 Å². The van der Waals surface area contributed by atoms with Gasteiger partial charge in [0.1, 0.15) is 11.0 Å². The van der Waals surface area contributed by atoms with Gasteiger partial charge in [-0.1, -0.05) is 0 Å². The van der Waals surface area contributed by atoms with E-state index in [2.05, 4.69) is 18.7 Å². The number of hydrogen-bond donors (Lipinski definition) is 3. The molecule has 0 fully saturated rings. The Morgan fingerprint density at radius 3 is 3.07 bits per heavy atom. The molecule has 70 valence electrons. The van der Waals surface area contributed by atoms with Crippen molar-refractivity contribution in [2.75, 3.05) is 5.48 Å². The van der Waals surface area contributed by atoms with E-state index in [4.69, 9.17) is 5.21 Å². The third-order valence-electron chi connectivity index (χ3n) is 1.97. The summed E-state index contributed by atoms with van der Waals surface area (Å²) in [6.07, 6.45) is 0. The molecular formula is C7H5N5OS. The molecule has 3 rings (SSSR count). The second-order valence-corrected chi connectivity index (χ2v) is 3.34. The summed E-state index contributed by atoms with van der Waals surface area (Å²) in [6, 6.07) is 3.72. The molecule has 0 aliphatic rings. The van der Waals surface area contributed by atoms with E-state index >= 15 is 0 Å². The van der Waals surface area contributed by atoms with Crippen LogP contribution in [-0.4, -0.2) is 23.9 Å². The fourth-order valence-corrected chi connectivity index (χ4v) is 1.94. The van der Waals surface area contributed by atoms with Crippen LogP contribution in [0.4, 0.5) is 5.95 Å². The Bertz CT molecular complexity index is 600. The SMILES string of the molecule is ONc1nc2ccc3[nH]snc3c2n1. The van der Waals surface area contributed by atoms with Crippen LogP contribution in [0.1, 0.15) is 0 Å². The number of nitrogens with one attached hydrogen (secondary N) is 2. The first-order valence-corrected chi connectivity index (χ1v) is 4.66. The largest absolute Gasteiger partial charge is 0.293 e. The maximum Gasteiger partial charge on any atom is 0.248 e. The Morgan fingerprint density at radius 2 is 2.21 bits per heavy atom. The molecule has 0 radical (unpaired) electrons. The van der Waals surface area contributed by atoms with Gasteiger partial charge in [0.05, 0.1) is 11.0 Å². The molecule has 0 aliphatic heterocycles. The van der Waals surface area contributed by atoms with E-state index in [0.29, 0.717) is 11.0 Å². The lowest BCUT2D eigenvalue weighted by molar-refractivity contribution is 0.383. The standard InChI is InChI=1S/C7H5N5OS/c13-10-7-8-3-1-2-4-6(5(3)9-7)12-14-11-4/h1-2,11,13H,(H,8,10). The molecule has 3 N–H and O–H groups in total. The Balaban J connectivity index is 2.49. The molecule has 6 nitrogen and oxygen atoms in total. The first-order valence-electron chi connectivity index (χ1n) is 3.89. The van der Waals surface area contributed by atoms with Crippen molar-refractivity contribution in [1.29, 1.82) is 0 Å². The van der Waals surface area contributed by atoms with Gasteiger partial charge in [-0.2, -0.15) is 4.37 Å². The summed E-state index contributed by atoms with van der Waals surface area (Å²) < 4.78 is 7.19. The highest BCUT2D eigenvalue weighted by Gasteiger charge is 2.09. The topological polar surface area (TPSA) is 86.7 Å². The molecule has 0 saturated carbocycles. The summed E-state index contributed by atoms with van der Waals surface area (Å²) in [7, 11) is 0. The van der Waals surface area contributed by atoms with Crippen LogP contribution < -0.4 is 5.48 Å². The molecule has 2 heterocycles. The lowest BCUT2D eigenvalue weighted by Crippen LogP contribution is -1.89. The third kappa shape index (κ3) is 0.903. The van der Waals surface area contributed by atoms with Crippen LogP contribution in [0.25, 0.3) is 22.1 Å². The number of imidazole rings is 1. The Labute approximate surface area is 81.9 Å². The highest BCUT2D eigenvalue weighted by atomic mass is 32.1. The molecule has 14 heavy (non-hydrogen) atoms. The van der Waals surface area contributed by atoms with Gasteiger partial charge in [-0.25, -0.2) is 15.4 Å². The van der Waals surface area contributed by atoms with Gasteiger partial charge in [0, 0.05) is 11.7 Å². The zero-order valence-electron chi connectivity index (χ0n) is 6.85. The molecule has 0 bridgehead atoms. The van der Waals surface area contributed by atoms with Crippen molar-refractivity contribution in [2.24, 2.45) is 0 Å². The third-order valence-corrected chi connectivity index (χ3v) is 2.55. The number of hydrogen-bond acceptors (Lipinski definition) is 6. The molecular weight excluding hydrogens is 202 g/mol. The summed E-state index contributed by atoms with van der Waals surface area (Å²) >= 11 is 1.26. The number of benzene rings is 1. The van der Waals surface area contributed by atoms with Crippen LogP contribution in [0.5, 0.6) is 0 Å². The van der Waals surface area contributed by atoms with Crippen molar-refractivity contribution in [3.05, 3.63) is 12.1 Å². The average molecular weight is 207 g/mol. The van der Waals surface area contributed by atoms with Crippen LogP contribution in [0.3, 0.4) is 0 Å². The summed E-state index contributed by atoms with van der Waals surface area (Å²) in [4.78, 5) is 8.12. The molecule has 7 heteroatoms. The van der Waals surface area contributed by atoms with Crippen molar-refractivity contribution < 1.29 is 5.21 Å². The van der Waals surface area contributed by atoms with Gasteiger partial charge in [-0.05, 0) is 12.1 Å². The minimum atomic E-state index is 0.195. The van der Waals surface area contributed by atoms with Gasteiger partial charge in [-0.3, -0.25) is 9.58 Å². The second-order valence-electron chi connectivity index (χ2n) is 2.77. The highest BCUT2D eigenvalue weighted by molar-refractivity contribution is 7.00. The molecule has 1 aromatic carbocycles. The lowest BCUT2D eigenvalue weighted by atomic mass is 10.3.